The molecule has 134 valence electrons. The van der Waals surface area contributed by atoms with Crippen molar-refractivity contribution in [3.8, 4) is 0 Å². The fourth-order valence-electron chi connectivity index (χ4n) is 1.45. The average molecular weight is 330 g/mol. The molecule has 0 heterocycles. The van der Waals surface area contributed by atoms with Gasteiger partial charge in [0.25, 0.3) is 0 Å². The zero-order valence-electron chi connectivity index (χ0n) is 14.2. The molecule has 0 rings (SSSR count). The van der Waals surface area contributed by atoms with Gasteiger partial charge in [0, 0.05) is 12.2 Å². The Morgan fingerprint density at radius 1 is 1.09 bits per heavy atom. The molecule has 0 spiro atoms. The zero-order chi connectivity index (χ0) is 18.1. The Morgan fingerprint density at radius 2 is 1.61 bits per heavy atom. The van der Waals surface area contributed by atoms with Crippen molar-refractivity contribution in [2.45, 2.75) is 45.6 Å². The SMILES string of the molecule is C=CC(=O)OCC(CC)CCCC.C=CC(=O)OCC(O)CO. The summed E-state index contributed by atoms with van der Waals surface area (Å²) in [7, 11) is 0. The summed E-state index contributed by atoms with van der Waals surface area (Å²) >= 11 is 0. The van der Waals surface area contributed by atoms with E-state index >= 15 is 0 Å². The van der Waals surface area contributed by atoms with Crippen LogP contribution in [-0.4, -0.2) is 48.1 Å². The molecule has 0 bridgehead atoms. The summed E-state index contributed by atoms with van der Waals surface area (Å²) in [6.07, 6.45) is 5.85. The third-order valence-electron chi connectivity index (χ3n) is 2.97. The Labute approximate surface area is 138 Å². The molecule has 0 aliphatic carbocycles. The fourth-order valence-corrected chi connectivity index (χ4v) is 1.45. The molecular weight excluding hydrogens is 300 g/mol. The van der Waals surface area contributed by atoms with Gasteiger partial charge in [-0.1, -0.05) is 46.3 Å². The molecule has 0 amide bonds. The van der Waals surface area contributed by atoms with Crippen molar-refractivity contribution in [2.24, 2.45) is 5.92 Å². The molecule has 2 N–H and O–H groups in total. The molecule has 2 unspecified atom stereocenters. The van der Waals surface area contributed by atoms with E-state index in [0.29, 0.717) is 12.5 Å². The van der Waals surface area contributed by atoms with Crippen LogP contribution < -0.4 is 0 Å². The number of unbranched alkanes of at least 4 members (excludes halogenated alkanes) is 1. The first-order valence-electron chi connectivity index (χ1n) is 7.82. The lowest BCUT2D eigenvalue weighted by atomic mass is 10.0. The van der Waals surface area contributed by atoms with Crippen LogP contribution in [0.1, 0.15) is 39.5 Å². The lowest BCUT2D eigenvalue weighted by Gasteiger charge is -2.13. The molecule has 6 nitrogen and oxygen atoms in total. The molecular formula is C17H30O6. The van der Waals surface area contributed by atoms with E-state index in [4.69, 9.17) is 14.9 Å². The number of hydrogen-bond acceptors (Lipinski definition) is 6. The number of aliphatic hydroxyl groups is 2. The molecule has 2 atom stereocenters. The van der Waals surface area contributed by atoms with E-state index in [1.807, 2.05) is 0 Å². The monoisotopic (exact) mass is 330 g/mol. The van der Waals surface area contributed by atoms with Crippen molar-refractivity contribution >= 4 is 11.9 Å². The Bertz CT molecular complexity index is 340. The van der Waals surface area contributed by atoms with Gasteiger partial charge in [-0.15, -0.1) is 0 Å². The Hall–Kier alpha value is -1.66. The molecule has 0 aliphatic heterocycles. The summed E-state index contributed by atoms with van der Waals surface area (Å²) in [5, 5.41) is 16.9. The predicted molar refractivity (Wildman–Crippen MR) is 88.7 cm³/mol. The lowest BCUT2D eigenvalue weighted by Crippen LogP contribution is -2.21. The molecule has 0 saturated heterocycles. The minimum Gasteiger partial charge on any atom is -0.462 e. The maximum atomic E-state index is 10.8. The maximum Gasteiger partial charge on any atom is 0.330 e. The minimum atomic E-state index is -0.996. The lowest BCUT2D eigenvalue weighted by molar-refractivity contribution is -0.141. The highest BCUT2D eigenvalue weighted by molar-refractivity contribution is 5.81. The van der Waals surface area contributed by atoms with Gasteiger partial charge in [0.2, 0.25) is 0 Å². The normalized spacial score (nSPS) is 12.2. The van der Waals surface area contributed by atoms with Gasteiger partial charge in [-0.25, -0.2) is 9.59 Å². The van der Waals surface area contributed by atoms with Crippen molar-refractivity contribution in [1.82, 2.24) is 0 Å². The summed E-state index contributed by atoms with van der Waals surface area (Å²) in [4.78, 5) is 21.1. The topological polar surface area (TPSA) is 93.1 Å². The van der Waals surface area contributed by atoms with E-state index in [9.17, 15) is 9.59 Å². The van der Waals surface area contributed by atoms with E-state index in [0.717, 1.165) is 18.9 Å². The Balaban J connectivity index is 0. The van der Waals surface area contributed by atoms with Gasteiger partial charge >= 0.3 is 11.9 Å². The summed E-state index contributed by atoms with van der Waals surface area (Å²) < 4.78 is 9.36. The van der Waals surface area contributed by atoms with Crippen LogP contribution in [0.3, 0.4) is 0 Å². The van der Waals surface area contributed by atoms with Gasteiger partial charge in [-0.2, -0.15) is 0 Å². The first-order valence-corrected chi connectivity index (χ1v) is 7.82. The first-order chi connectivity index (χ1) is 10.9. The van der Waals surface area contributed by atoms with Crippen molar-refractivity contribution < 1.29 is 29.3 Å². The standard InChI is InChI=1S/C11H20O2.C6H10O4/c1-4-7-8-10(5-2)9-13-11(12)6-3;1-2-6(9)10-4-5(8)3-7/h6,10H,3-5,7-9H2,1-2H3;2,5,7-8H,1,3-4H2. The molecule has 6 heteroatoms. The number of carbonyl (C=O) groups excluding carboxylic acids is 2. The van der Waals surface area contributed by atoms with Gasteiger partial charge in [-0.3, -0.25) is 0 Å². The molecule has 23 heavy (non-hydrogen) atoms. The van der Waals surface area contributed by atoms with Crippen molar-refractivity contribution in [3.63, 3.8) is 0 Å². The van der Waals surface area contributed by atoms with E-state index < -0.39 is 18.7 Å². The van der Waals surface area contributed by atoms with Crippen molar-refractivity contribution in [1.29, 1.82) is 0 Å². The molecule has 0 aromatic rings. The van der Waals surface area contributed by atoms with Crippen LogP contribution in [0.25, 0.3) is 0 Å². The minimum absolute atomic E-state index is 0.193. The smallest absolute Gasteiger partial charge is 0.330 e. The second-order valence-electron chi connectivity index (χ2n) is 4.92. The first kappa shape index (κ1) is 23.6. The maximum absolute atomic E-state index is 10.8. The number of hydrogen-bond donors (Lipinski definition) is 2. The van der Waals surface area contributed by atoms with Crippen LogP contribution in [0.2, 0.25) is 0 Å². The molecule has 0 aromatic heterocycles. The molecule has 0 radical (unpaired) electrons. The quantitative estimate of drug-likeness (QED) is 0.444. The zero-order valence-corrected chi connectivity index (χ0v) is 14.2. The van der Waals surface area contributed by atoms with Gasteiger partial charge < -0.3 is 19.7 Å². The van der Waals surface area contributed by atoms with E-state index in [1.165, 1.54) is 18.9 Å². The van der Waals surface area contributed by atoms with E-state index in [2.05, 4.69) is 31.7 Å². The van der Waals surface area contributed by atoms with Gasteiger partial charge in [0.15, 0.2) is 0 Å². The molecule has 0 aliphatic rings. The van der Waals surface area contributed by atoms with Crippen LogP contribution >= 0.6 is 0 Å². The van der Waals surface area contributed by atoms with Crippen LogP contribution in [0.15, 0.2) is 25.3 Å². The highest BCUT2D eigenvalue weighted by atomic mass is 16.5. The predicted octanol–water partition coefficient (Wildman–Crippen LogP) is 2.00. The third-order valence-corrected chi connectivity index (χ3v) is 2.97. The van der Waals surface area contributed by atoms with E-state index in [-0.39, 0.29) is 12.6 Å². The van der Waals surface area contributed by atoms with Crippen LogP contribution in [0, 0.1) is 5.92 Å². The molecule has 0 saturated carbocycles. The third kappa shape index (κ3) is 16.5. The van der Waals surface area contributed by atoms with Crippen molar-refractivity contribution in [3.05, 3.63) is 25.3 Å². The van der Waals surface area contributed by atoms with E-state index in [1.54, 1.807) is 0 Å². The highest BCUT2D eigenvalue weighted by Gasteiger charge is 2.07. The highest BCUT2D eigenvalue weighted by Crippen LogP contribution is 2.12. The Kier molecular flexibility index (Phi) is 17.1. The molecule has 0 fully saturated rings. The van der Waals surface area contributed by atoms with Crippen LogP contribution in [-0.2, 0) is 19.1 Å². The Morgan fingerprint density at radius 3 is 2.00 bits per heavy atom. The number of rotatable bonds is 11. The van der Waals surface area contributed by atoms with Gasteiger partial charge in [0.1, 0.15) is 12.7 Å². The van der Waals surface area contributed by atoms with Gasteiger partial charge in [0.05, 0.1) is 13.2 Å². The van der Waals surface area contributed by atoms with Crippen LogP contribution in [0.5, 0.6) is 0 Å². The second kappa shape index (κ2) is 16.7. The summed E-state index contributed by atoms with van der Waals surface area (Å²) in [6, 6.07) is 0. The fraction of sp³-hybridized carbons (Fsp3) is 0.647. The van der Waals surface area contributed by atoms with Gasteiger partial charge in [-0.05, 0) is 12.3 Å². The largest absolute Gasteiger partial charge is 0.462 e. The summed E-state index contributed by atoms with van der Waals surface area (Å²) in [5.41, 5.74) is 0. The summed E-state index contributed by atoms with van der Waals surface area (Å²) in [5.74, 6) is -0.397. The number of carbonyl (C=O) groups is 2. The number of esters is 2. The number of ether oxygens (including phenoxy) is 2. The average Bonchev–Trinajstić information content (AvgIpc) is 2.59. The summed E-state index contributed by atoms with van der Waals surface area (Å²) in [6.45, 7) is 10.7. The number of aliphatic hydroxyl groups excluding tert-OH is 2. The second-order valence-corrected chi connectivity index (χ2v) is 4.92. The van der Waals surface area contributed by atoms with Crippen molar-refractivity contribution in [2.75, 3.05) is 19.8 Å². The van der Waals surface area contributed by atoms with Crippen LogP contribution in [0.4, 0.5) is 0 Å². The molecule has 0 aromatic carbocycles.